The molecule has 0 radical (unpaired) electrons. The van der Waals surface area contributed by atoms with Gasteiger partial charge in [0.2, 0.25) is 0 Å². The van der Waals surface area contributed by atoms with Crippen molar-refractivity contribution in [2.24, 2.45) is 0 Å². The fraction of sp³-hybridized carbons (Fsp3) is 0.133. The Morgan fingerprint density at radius 2 is 1.70 bits per heavy atom. The molecule has 0 saturated heterocycles. The Balaban J connectivity index is 2.07. The number of anilines is 2. The van der Waals surface area contributed by atoms with E-state index in [1.54, 1.807) is 0 Å². The van der Waals surface area contributed by atoms with Crippen molar-refractivity contribution in [2.45, 2.75) is 13.8 Å². The van der Waals surface area contributed by atoms with Crippen LogP contribution in [0.2, 0.25) is 10.0 Å². The van der Waals surface area contributed by atoms with Crippen LogP contribution in [-0.2, 0) is 0 Å². The Kier molecular flexibility index (Phi) is 4.86. The molecule has 104 valence electrons. The first-order valence-corrected chi connectivity index (χ1v) is 7.22. The number of rotatable bonds is 2. The van der Waals surface area contributed by atoms with Crippen molar-refractivity contribution in [2.75, 3.05) is 10.6 Å². The topological polar surface area (TPSA) is 24.1 Å². The summed E-state index contributed by atoms with van der Waals surface area (Å²) in [6.07, 6.45) is 0. The van der Waals surface area contributed by atoms with E-state index >= 15 is 0 Å². The second-order valence-corrected chi connectivity index (χ2v) is 5.75. The summed E-state index contributed by atoms with van der Waals surface area (Å²) in [5.74, 6) is 0. The van der Waals surface area contributed by atoms with Gasteiger partial charge in [0.15, 0.2) is 5.11 Å². The van der Waals surface area contributed by atoms with E-state index in [4.69, 9.17) is 35.4 Å². The van der Waals surface area contributed by atoms with Gasteiger partial charge < -0.3 is 10.6 Å². The van der Waals surface area contributed by atoms with Gasteiger partial charge in [-0.2, -0.15) is 0 Å². The third-order valence-electron chi connectivity index (χ3n) is 2.85. The third kappa shape index (κ3) is 3.85. The number of halogens is 2. The number of hydrogen-bond acceptors (Lipinski definition) is 1. The summed E-state index contributed by atoms with van der Waals surface area (Å²) in [5, 5.41) is 8.25. The van der Waals surface area contributed by atoms with Gasteiger partial charge in [0, 0.05) is 21.4 Å². The fourth-order valence-electron chi connectivity index (χ4n) is 1.77. The molecule has 0 saturated carbocycles. The molecule has 0 fully saturated rings. The summed E-state index contributed by atoms with van der Waals surface area (Å²) in [5.41, 5.74) is 3.87. The molecule has 2 N–H and O–H groups in total. The molecule has 2 aromatic carbocycles. The minimum absolute atomic E-state index is 0.525. The van der Waals surface area contributed by atoms with Crippen molar-refractivity contribution in [3.8, 4) is 0 Å². The minimum atomic E-state index is 0.525. The molecular weight excluding hydrogens is 311 g/mol. The SMILES string of the molecule is Cc1cc(NC(=S)Nc2ccc(Cl)cc2C)ccc1Cl. The van der Waals surface area contributed by atoms with Crippen LogP contribution in [0.15, 0.2) is 36.4 Å². The number of hydrogen-bond donors (Lipinski definition) is 2. The molecule has 2 aromatic rings. The average Bonchev–Trinajstić information content (AvgIpc) is 2.37. The Morgan fingerprint density at radius 3 is 2.35 bits per heavy atom. The van der Waals surface area contributed by atoms with Crippen molar-refractivity contribution in [1.29, 1.82) is 0 Å². The van der Waals surface area contributed by atoms with Crippen LogP contribution in [0.4, 0.5) is 11.4 Å². The molecule has 0 unspecified atom stereocenters. The zero-order valence-electron chi connectivity index (χ0n) is 11.1. The summed E-state index contributed by atoms with van der Waals surface area (Å²) in [7, 11) is 0. The number of benzene rings is 2. The average molecular weight is 325 g/mol. The zero-order chi connectivity index (χ0) is 14.7. The van der Waals surface area contributed by atoms with Crippen molar-refractivity contribution in [3.63, 3.8) is 0 Å². The summed E-state index contributed by atoms with van der Waals surface area (Å²) in [4.78, 5) is 0. The summed E-state index contributed by atoms with van der Waals surface area (Å²) < 4.78 is 0. The molecule has 0 aromatic heterocycles. The van der Waals surface area contributed by atoms with Gasteiger partial charge in [-0.1, -0.05) is 23.2 Å². The van der Waals surface area contributed by atoms with Crippen molar-refractivity contribution >= 4 is 51.9 Å². The van der Waals surface area contributed by atoms with E-state index in [-0.39, 0.29) is 0 Å². The highest BCUT2D eigenvalue weighted by Gasteiger charge is 2.03. The molecule has 0 atom stereocenters. The summed E-state index contributed by atoms with van der Waals surface area (Å²) in [6, 6.07) is 11.3. The molecule has 0 aliphatic carbocycles. The van der Waals surface area contributed by atoms with E-state index in [9.17, 15) is 0 Å². The molecule has 0 bridgehead atoms. The van der Waals surface area contributed by atoms with Crippen LogP contribution in [0.25, 0.3) is 0 Å². The molecule has 0 spiro atoms. The number of thiocarbonyl (C=S) groups is 1. The molecule has 2 rings (SSSR count). The predicted octanol–water partition coefficient (Wildman–Crippen LogP) is 5.42. The van der Waals surface area contributed by atoms with E-state index in [2.05, 4.69) is 10.6 Å². The lowest BCUT2D eigenvalue weighted by Crippen LogP contribution is -2.19. The lowest BCUT2D eigenvalue weighted by atomic mass is 10.2. The highest BCUT2D eigenvalue weighted by atomic mass is 35.5. The van der Waals surface area contributed by atoms with Gasteiger partial charge in [-0.25, -0.2) is 0 Å². The largest absolute Gasteiger partial charge is 0.332 e. The summed E-state index contributed by atoms with van der Waals surface area (Å²) in [6.45, 7) is 3.93. The van der Waals surface area contributed by atoms with Crippen molar-refractivity contribution < 1.29 is 0 Å². The van der Waals surface area contributed by atoms with Gasteiger partial charge in [0.25, 0.3) is 0 Å². The summed E-state index contributed by atoms with van der Waals surface area (Å²) >= 11 is 17.2. The van der Waals surface area contributed by atoms with Crippen LogP contribution in [0.5, 0.6) is 0 Å². The third-order valence-corrected chi connectivity index (χ3v) is 3.72. The molecule has 0 aliphatic rings. The second-order valence-electron chi connectivity index (χ2n) is 4.50. The van der Waals surface area contributed by atoms with E-state index in [1.165, 1.54) is 0 Å². The van der Waals surface area contributed by atoms with Crippen LogP contribution >= 0.6 is 35.4 Å². The Bertz CT molecular complexity index is 656. The maximum absolute atomic E-state index is 5.99. The van der Waals surface area contributed by atoms with Gasteiger partial charge >= 0.3 is 0 Å². The van der Waals surface area contributed by atoms with E-state index in [1.807, 2.05) is 50.2 Å². The van der Waals surface area contributed by atoms with E-state index in [0.29, 0.717) is 10.1 Å². The zero-order valence-corrected chi connectivity index (χ0v) is 13.5. The fourth-order valence-corrected chi connectivity index (χ4v) is 2.35. The maximum atomic E-state index is 5.99. The lowest BCUT2D eigenvalue weighted by molar-refractivity contribution is 1.44. The lowest BCUT2D eigenvalue weighted by Gasteiger charge is -2.13. The first-order valence-electron chi connectivity index (χ1n) is 6.06. The molecule has 0 amide bonds. The first-order chi connectivity index (χ1) is 9.45. The van der Waals surface area contributed by atoms with Crippen LogP contribution in [0.1, 0.15) is 11.1 Å². The molecule has 2 nitrogen and oxygen atoms in total. The van der Waals surface area contributed by atoms with Crippen molar-refractivity contribution in [3.05, 3.63) is 57.6 Å². The Hall–Kier alpha value is -1.29. The normalized spacial score (nSPS) is 10.2. The van der Waals surface area contributed by atoms with E-state index in [0.717, 1.165) is 27.5 Å². The van der Waals surface area contributed by atoms with Crippen molar-refractivity contribution in [1.82, 2.24) is 0 Å². The van der Waals surface area contributed by atoms with Gasteiger partial charge in [-0.3, -0.25) is 0 Å². The first kappa shape index (κ1) is 15.1. The number of nitrogens with one attached hydrogen (secondary N) is 2. The van der Waals surface area contributed by atoms with Gasteiger partial charge in [0.1, 0.15) is 0 Å². The van der Waals surface area contributed by atoms with Gasteiger partial charge in [0.05, 0.1) is 0 Å². The number of aryl methyl sites for hydroxylation is 2. The van der Waals surface area contributed by atoms with Crippen LogP contribution in [0, 0.1) is 13.8 Å². The highest BCUT2D eigenvalue weighted by molar-refractivity contribution is 7.80. The minimum Gasteiger partial charge on any atom is -0.332 e. The highest BCUT2D eigenvalue weighted by Crippen LogP contribution is 2.21. The smallest absolute Gasteiger partial charge is 0.175 e. The molecule has 0 heterocycles. The molecule has 0 aliphatic heterocycles. The van der Waals surface area contributed by atoms with Gasteiger partial charge in [-0.15, -0.1) is 0 Å². The monoisotopic (exact) mass is 324 g/mol. The standard InChI is InChI=1S/C15H14Cl2N2S/c1-9-8-12(4-5-13(9)17)18-15(20)19-14-6-3-11(16)7-10(14)2/h3-8H,1-2H3,(H2,18,19,20). The molecular formula is C15H14Cl2N2S. The van der Waals surface area contributed by atoms with E-state index < -0.39 is 0 Å². The Morgan fingerprint density at radius 1 is 0.950 bits per heavy atom. The van der Waals surface area contributed by atoms with Crippen LogP contribution < -0.4 is 10.6 Å². The molecule has 20 heavy (non-hydrogen) atoms. The second kappa shape index (κ2) is 6.44. The van der Waals surface area contributed by atoms with Gasteiger partial charge in [-0.05, 0) is 73.6 Å². The predicted molar refractivity (Wildman–Crippen MR) is 92.2 cm³/mol. The molecule has 5 heteroatoms. The van der Waals surface area contributed by atoms with Crippen LogP contribution in [-0.4, -0.2) is 5.11 Å². The van der Waals surface area contributed by atoms with Crippen LogP contribution in [0.3, 0.4) is 0 Å². The maximum Gasteiger partial charge on any atom is 0.175 e. The quantitative estimate of drug-likeness (QED) is 0.721. The Labute approximate surface area is 134 Å².